The Labute approximate surface area is 123 Å². The molecule has 0 radical (unpaired) electrons. The van der Waals surface area contributed by atoms with Gasteiger partial charge in [0.2, 0.25) is 0 Å². The van der Waals surface area contributed by atoms with Gasteiger partial charge in [0.05, 0.1) is 0 Å². The Hall–Kier alpha value is -1.49. The normalized spacial score (nSPS) is 18.4. The molecule has 1 atom stereocenters. The minimum atomic E-state index is -0.188. The Kier molecular flexibility index (Phi) is 5.47. The number of ketones is 1. The monoisotopic (exact) mass is 292 g/mol. The lowest BCUT2D eigenvalue weighted by molar-refractivity contribution is 0.101. The summed E-state index contributed by atoms with van der Waals surface area (Å²) in [7, 11) is 0. The lowest BCUT2D eigenvalue weighted by Gasteiger charge is -2.21. The SMILES string of the molecule is CC(=O)c1ccc(NC(=O)NCC2CCCCS2)cc1. The van der Waals surface area contributed by atoms with Gasteiger partial charge in [0.1, 0.15) is 0 Å². The van der Waals surface area contributed by atoms with Gasteiger partial charge in [0, 0.05) is 23.0 Å². The van der Waals surface area contributed by atoms with Crippen LogP contribution in [0.4, 0.5) is 10.5 Å². The van der Waals surface area contributed by atoms with Gasteiger partial charge in [0.25, 0.3) is 0 Å². The van der Waals surface area contributed by atoms with Crippen LogP contribution in [-0.2, 0) is 0 Å². The van der Waals surface area contributed by atoms with Crippen LogP contribution in [0.25, 0.3) is 0 Å². The lowest BCUT2D eigenvalue weighted by Crippen LogP contribution is -2.35. The number of thioether (sulfide) groups is 1. The summed E-state index contributed by atoms with van der Waals surface area (Å²) in [6.07, 6.45) is 3.72. The van der Waals surface area contributed by atoms with Gasteiger partial charge in [-0.3, -0.25) is 4.79 Å². The molecule has 2 N–H and O–H groups in total. The molecule has 1 unspecified atom stereocenters. The smallest absolute Gasteiger partial charge is 0.319 e. The largest absolute Gasteiger partial charge is 0.337 e. The van der Waals surface area contributed by atoms with Gasteiger partial charge in [-0.1, -0.05) is 6.42 Å². The van der Waals surface area contributed by atoms with E-state index in [1.165, 1.54) is 31.9 Å². The maximum atomic E-state index is 11.8. The van der Waals surface area contributed by atoms with Crippen molar-refractivity contribution < 1.29 is 9.59 Å². The summed E-state index contributed by atoms with van der Waals surface area (Å²) in [5.74, 6) is 1.22. The average molecular weight is 292 g/mol. The number of hydrogen-bond donors (Lipinski definition) is 2. The molecule has 0 saturated carbocycles. The van der Waals surface area contributed by atoms with E-state index >= 15 is 0 Å². The summed E-state index contributed by atoms with van der Waals surface area (Å²) >= 11 is 1.94. The molecule has 1 aliphatic heterocycles. The second kappa shape index (κ2) is 7.33. The minimum absolute atomic E-state index is 0.0234. The highest BCUT2D eigenvalue weighted by molar-refractivity contribution is 7.99. The maximum Gasteiger partial charge on any atom is 0.319 e. The van der Waals surface area contributed by atoms with E-state index < -0.39 is 0 Å². The van der Waals surface area contributed by atoms with Gasteiger partial charge < -0.3 is 10.6 Å². The molecular weight excluding hydrogens is 272 g/mol. The van der Waals surface area contributed by atoms with E-state index in [1.807, 2.05) is 11.8 Å². The van der Waals surface area contributed by atoms with Crippen LogP contribution >= 0.6 is 11.8 Å². The first kappa shape index (κ1) is 14.9. The molecule has 2 rings (SSSR count). The highest BCUT2D eigenvalue weighted by Gasteiger charge is 2.14. The molecule has 1 aromatic carbocycles. The van der Waals surface area contributed by atoms with Crippen molar-refractivity contribution in [1.29, 1.82) is 0 Å². The fourth-order valence-electron chi connectivity index (χ4n) is 2.14. The molecule has 20 heavy (non-hydrogen) atoms. The number of anilines is 1. The van der Waals surface area contributed by atoms with Gasteiger partial charge in [-0.2, -0.15) is 11.8 Å². The van der Waals surface area contributed by atoms with Gasteiger partial charge in [0.15, 0.2) is 5.78 Å². The number of benzene rings is 1. The van der Waals surface area contributed by atoms with Crippen LogP contribution in [0, 0.1) is 0 Å². The molecule has 0 bridgehead atoms. The van der Waals surface area contributed by atoms with E-state index in [4.69, 9.17) is 0 Å². The number of Topliss-reactive ketones (excluding diaryl/α,β-unsaturated/α-hetero) is 1. The summed E-state index contributed by atoms with van der Waals surface area (Å²) in [5.41, 5.74) is 1.35. The van der Waals surface area contributed by atoms with Crippen molar-refractivity contribution >= 4 is 29.3 Å². The topological polar surface area (TPSA) is 58.2 Å². The molecule has 5 heteroatoms. The maximum absolute atomic E-state index is 11.8. The Morgan fingerprint density at radius 1 is 1.25 bits per heavy atom. The highest BCUT2D eigenvalue weighted by atomic mass is 32.2. The molecule has 4 nitrogen and oxygen atoms in total. The molecule has 108 valence electrons. The van der Waals surface area contributed by atoms with Crippen molar-refractivity contribution in [3.8, 4) is 0 Å². The first-order valence-corrected chi connectivity index (χ1v) is 7.97. The predicted octanol–water partition coefficient (Wildman–Crippen LogP) is 3.30. The van der Waals surface area contributed by atoms with Gasteiger partial charge in [-0.15, -0.1) is 0 Å². The molecular formula is C15H20N2O2S. The van der Waals surface area contributed by atoms with Crippen LogP contribution < -0.4 is 10.6 Å². The number of hydrogen-bond acceptors (Lipinski definition) is 3. The molecule has 1 aromatic rings. The van der Waals surface area contributed by atoms with Gasteiger partial charge >= 0.3 is 6.03 Å². The van der Waals surface area contributed by atoms with Gasteiger partial charge in [-0.05, 0) is 49.8 Å². The van der Waals surface area contributed by atoms with Crippen molar-refractivity contribution in [3.63, 3.8) is 0 Å². The highest BCUT2D eigenvalue weighted by Crippen LogP contribution is 2.24. The van der Waals surface area contributed by atoms with Crippen molar-refractivity contribution in [1.82, 2.24) is 5.32 Å². The molecule has 0 aliphatic carbocycles. The second-order valence-corrected chi connectivity index (χ2v) is 6.37. The van der Waals surface area contributed by atoms with Gasteiger partial charge in [-0.25, -0.2) is 4.79 Å². The fraction of sp³-hybridized carbons (Fsp3) is 0.467. The van der Waals surface area contributed by atoms with Crippen molar-refractivity contribution in [2.75, 3.05) is 17.6 Å². The molecule has 0 aromatic heterocycles. The summed E-state index contributed by atoms with van der Waals surface area (Å²) in [6, 6.07) is 6.73. The summed E-state index contributed by atoms with van der Waals surface area (Å²) in [4.78, 5) is 22.9. The number of urea groups is 1. The first-order valence-electron chi connectivity index (χ1n) is 6.92. The Morgan fingerprint density at radius 2 is 2.00 bits per heavy atom. The van der Waals surface area contributed by atoms with Crippen LogP contribution in [0.1, 0.15) is 36.5 Å². The van der Waals surface area contributed by atoms with E-state index in [-0.39, 0.29) is 11.8 Å². The summed E-state index contributed by atoms with van der Waals surface area (Å²) < 4.78 is 0. The zero-order chi connectivity index (χ0) is 14.4. The van der Waals surface area contributed by atoms with E-state index in [0.29, 0.717) is 23.0 Å². The van der Waals surface area contributed by atoms with E-state index in [0.717, 1.165) is 0 Å². The van der Waals surface area contributed by atoms with Crippen molar-refractivity contribution in [3.05, 3.63) is 29.8 Å². The molecule has 2 amide bonds. The number of amides is 2. The quantitative estimate of drug-likeness (QED) is 0.837. The standard InChI is InChI=1S/C15H20N2O2S/c1-11(18)12-5-7-13(8-6-12)17-15(19)16-10-14-4-2-3-9-20-14/h5-8,14H,2-4,9-10H2,1H3,(H2,16,17,19). The van der Waals surface area contributed by atoms with Crippen LogP contribution in [-0.4, -0.2) is 29.4 Å². The summed E-state index contributed by atoms with van der Waals surface area (Å²) in [5, 5.41) is 6.21. The zero-order valence-corrected chi connectivity index (χ0v) is 12.5. The van der Waals surface area contributed by atoms with E-state index in [9.17, 15) is 9.59 Å². The first-order chi connectivity index (χ1) is 9.65. The Balaban J connectivity index is 1.77. The molecule has 1 fully saturated rings. The fourth-order valence-corrected chi connectivity index (χ4v) is 3.38. The average Bonchev–Trinajstić information content (AvgIpc) is 2.47. The van der Waals surface area contributed by atoms with E-state index in [2.05, 4.69) is 10.6 Å². The molecule has 1 heterocycles. The van der Waals surface area contributed by atoms with Crippen molar-refractivity contribution in [2.24, 2.45) is 0 Å². The predicted molar refractivity (Wildman–Crippen MR) is 83.6 cm³/mol. The third-order valence-corrected chi connectivity index (χ3v) is 4.71. The second-order valence-electron chi connectivity index (χ2n) is 4.96. The number of carbonyl (C=O) groups excluding carboxylic acids is 2. The third kappa shape index (κ3) is 4.56. The van der Waals surface area contributed by atoms with E-state index in [1.54, 1.807) is 24.3 Å². The van der Waals surface area contributed by atoms with Crippen LogP contribution in [0.5, 0.6) is 0 Å². The molecule has 0 spiro atoms. The number of nitrogens with one attached hydrogen (secondary N) is 2. The Bertz CT molecular complexity index is 467. The van der Waals surface area contributed by atoms with Crippen molar-refractivity contribution in [2.45, 2.75) is 31.4 Å². The number of carbonyl (C=O) groups is 2. The Morgan fingerprint density at radius 3 is 2.60 bits per heavy atom. The molecule has 1 saturated heterocycles. The third-order valence-electron chi connectivity index (χ3n) is 3.31. The van der Waals surface area contributed by atoms with Crippen LogP contribution in [0.2, 0.25) is 0 Å². The summed E-state index contributed by atoms with van der Waals surface area (Å²) in [6.45, 7) is 2.24. The minimum Gasteiger partial charge on any atom is -0.337 e. The zero-order valence-electron chi connectivity index (χ0n) is 11.6. The lowest BCUT2D eigenvalue weighted by atomic mass is 10.1. The van der Waals surface area contributed by atoms with Crippen LogP contribution in [0.3, 0.4) is 0 Å². The van der Waals surface area contributed by atoms with Crippen LogP contribution in [0.15, 0.2) is 24.3 Å². The number of rotatable bonds is 4. The molecule has 1 aliphatic rings.